The second-order valence-electron chi connectivity index (χ2n) is 7.12. The summed E-state index contributed by atoms with van der Waals surface area (Å²) < 4.78 is 13.1. The molecule has 0 bridgehead atoms. The normalized spacial score (nSPS) is 26.4. The maximum absolute atomic E-state index is 13.1. The number of nitrogens with zero attached hydrogens (tertiary/aromatic N) is 2. The highest BCUT2D eigenvalue weighted by Gasteiger charge is 2.50. The fourth-order valence-corrected chi connectivity index (χ4v) is 4.59. The molecule has 4 nitrogen and oxygen atoms in total. The van der Waals surface area contributed by atoms with Crippen molar-refractivity contribution in [3.05, 3.63) is 35.6 Å². The van der Waals surface area contributed by atoms with Crippen LogP contribution in [0.4, 0.5) is 4.39 Å². The molecule has 3 rings (SSSR count). The van der Waals surface area contributed by atoms with Crippen LogP contribution < -0.4 is 0 Å². The van der Waals surface area contributed by atoms with Crippen molar-refractivity contribution >= 4 is 11.8 Å². The fraction of sp³-hybridized carbons (Fsp3) is 0.579. The Kier molecular flexibility index (Phi) is 4.61. The summed E-state index contributed by atoms with van der Waals surface area (Å²) in [6, 6.07) is 5.93. The third-order valence-electron chi connectivity index (χ3n) is 5.72. The number of hydrogen-bond acceptors (Lipinski definition) is 2. The summed E-state index contributed by atoms with van der Waals surface area (Å²) in [4.78, 5) is 28.6. The molecule has 0 radical (unpaired) electrons. The molecule has 0 N–H and O–H groups in total. The van der Waals surface area contributed by atoms with Gasteiger partial charge >= 0.3 is 0 Å². The zero-order valence-corrected chi connectivity index (χ0v) is 14.4. The third kappa shape index (κ3) is 2.92. The summed E-state index contributed by atoms with van der Waals surface area (Å²) >= 11 is 0. The molecule has 130 valence electrons. The van der Waals surface area contributed by atoms with E-state index in [2.05, 4.69) is 0 Å². The highest BCUT2D eigenvalue weighted by molar-refractivity contribution is 5.94. The topological polar surface area (TPSA) is 40.6 Å². The van der Waals surface area contributed by atoms with Crippen LogP contribution in [0.15, 0.2) is 24.3 Å². The van der Waals surface area contributed by atoms with Crippen molar-refractivity contribution in [2.75, 3.05) is 20.1 Å². The molecular weight excluding hydrogens is 307 g/mol. The molecule has 1 heterocycles. The molecule has 1 saturated carbocycles. The van der Waals surface area contributed by atoms with Gasteiger partial charge in [-0.3, -0.25) is 9.59 Å². The maximum atomic E-state index is 13.1. The maximum Gasteiger partial charge on any atom is 0.253 e. The molecule has 1 aromatic rings. The Bertz CT molecular complexity index is 631. The molecule has 1 aliphatic heterocycles. The van der Waals surface area contributed by atoms with Crippen LogP contribution in [0.25, 0.3) is 0 Å². The number of fused-ring (bicyclic) bond motifs is 1. The third-order valence-corrected chi connectivity index (χ3v) is 5.72. The standard InChI is InChI=1S/C19H25FN2O2/c1-3-22-16-5-4-11-19(16,12-10-17(22)23)13-21(2)18(24)14-6-8-15(20)9-7-14/h6-9,16H,3-5,10-13H2,1-2H3/t16-,19+/m1/s1. The molecule has 1 aromatic carbocycles. The van der Waals surface area contributed by atoms with E-state index >= 15 is 0 Å². The number of carbonyl (C=O) groups is 2. The molecule has 2 amide bonds. The first-order valence-corrected chi connectivity index (χ1v) is 8.77. The Balaban J connectivity index is 1.77. The van der Waals surface area contributed by atoms with Crippen LogP contribution in [0.3, 0.4) is 0 Å². The molecule has 1 aliphatic carbocycles. The van der Waals surface area contributed by atoms with Crippen LogP contribution in [-0.2, 0) is 4.79 Å². The SMILES string of the molecule is CCN1C(=O)CC[C@]2(CN(C)C(=O)c3ccc(F)cc3)CCC[C@@H]12. The first-order chi connectivity index (χ1) is 11.5. The van der Waals surface area contributed by atoms with Crippen molar-refractivity contribution in [2.45, 2.75) is 45.1 Å². The van der Waals surface area contributed by atoms with Gasteiger partial charge in [0.2, 0.25) is 5.91 Å². The fourth-order valence-electron chi connectivity index (χ4n) is 4.59. The van der Waals surface area contributed by atoms with Crippen molar-refractivity contribution in [1.29, 1.82) is 0 Å². The Morgan fingerprint density at radius 3 is 2.71 bits per heavy atom. The van der Waals surface area contributed by atoms with Crippen LogP contribution in [0.1, 0.15) is 49.4 Å². The lowest BCUT2D eigenvalue weighted by molar-refractivity contribution is -0.141. The van der Waals surface area contributed by atoms with Crippen molar-refractivity contribution in [3.63, 3.8) is 0 Å². The van der Waals surface area contributed by atoms with E-state index in [0.717, 1.165) is 32.2 Å². The molecule has 24 heavy (non-hydrogen) atoms. The summed E-state index contributed by atoms with van der Waals surface area (Å²) in [6.07, 6.45) is 4.62. The first kappa shape index (κ1) is 16.9. The first-order valence-electron chi connectivity index (χ1n) is 8.77. The minimum Gasteiger partial charge on any atom is -0.341 e. The van der Waals surface area contributed by atoms with Gasteiger partial charge in [0.1, 0.15) is 5.82 Å². The van der Waals surface area contributed by atoms with Gasteiger partial charge in [-0.15, -0.1) is 0 Å². The summed E-state index contributed by atoms with van der Waals surface area (Å²) in [5, 5.41) is 0. The number of rotatable bonds is 4. The Labute approximate surface area is 142 Å². The molecule has 0 spiro atoms. The van der Waals surface area contributed by atoms with E-state index in [-0.39, 0.29) is 29.1 Å². The Morgan fingerprint density at radius 2 is 2.04 bits per heavy atom. The van der Waals surface area contributed by atoms with E-state index in [1.165, 1.54) is 24.3 Å². The van der Waals surface area contributed by atoms with Gasteiger partial charge in [0, 0.05) is 43.6 Å². The summed E-state index contributed by atoms with van der Waals surface area (Å²) in [5.74, 6) is -0.185. The van der Waals surface area contributed by atoms with Gasteiger partial charge in [0.15, 0.2) is 0 Å². The van der Waals surface area contributed by atoms with E-state index in [9.17, 15) is 14.0 Å². The second kappa shape index (κ2) is 6.54. The molecule has 2 aliphatic rings. The number of hydrogen-bond donors (Lipinski definition) is 0. The van der Waals surface area contributed by atoms with Gasteiger partial charge in [0.25, 0.3) is 5.91 Å². The summed E-state index contributed by atoms with van der Waals surface area (Å²) in [6.45, 7) is 3.41. The molecule has 1 saturated heterocycles. The average Bonchev–Trinajstić information content (AvgIpc) is 2.98. The highest BCUT2D eigenvalue weighted by Crippen LogP contribution is 2.48. The van der Waals surface area contributed by atoms with E-state index in [0.29, 0.717) is 18.5 Å². The number of likely N-dealkylation sites (tertiary alicyclic amines) is 1. The number of carbonyl (C=O) groups excluding carboxylic acids is 2. The quantitative estimate of drug-likeness (QED) is 0.850. The predicted molar refractivity (Wildman–Crippen MR) is 90.1 cm³/mol. The van der Waals surface area contributed by atoms with Gasteiger partial charge < -0.3 is 9.80 Å². The van der Waals surface area contributed by atoms with Crippen LogP contribution in [-0.4, -0.2) is 47.8 Å². The lowest BCUT2D eigenvalue weighted by atomic mass is 9.74. The smallest absolute Gasteiger partial charge is 0.253 e. The van der Waals surface area contributed by atoms with Crippen molar-refractivity contribution < 1.29 is 14.0 Å². The van der Waals surface area contributed by atoms with E-state index in [1.807, 2.05) is 18.9 Å². The van der Waals surface area contributed by atoms with Crippen LogP contribution in [0.5, 0.6) is 0 Å². The highest BCUT2D eigenvalue weighted by atomic mass is 19.1. The average molecular weight is 332 g/mol. The van der Waals surface area contributed by atoms with E-state index in [4.69, 9.17) is 0 Å². The summed E-state index contributed by atoms with van der Waals surface area (Å²) in [7, 11) is 1.81. The number of halogens is 1. The van der Waals surface area contributed by atoms with Gasteiger partial charge in [-0.25, -0.2) is 4.39 Å². The van der Waals surface area contributed by atoms with Gasteiger partial charge in [-0.2, -0.15) is 0 Å². The molecule has 2 fully saturated rings. The molecule has 2 atom stereocenters. The number of amides is 2. The largest absolute Gasteiger partial charge is 0.341 e. The number of piperidine rings is 1. The van der Waals surface area contributed by atoms with Crippen molar-refractivity contribution in [1.82, 2.24) is 9.80 Å². The van der Waals surface area contributed by atoms with Gasteiger partial charge in [-0.1, -0.05) is 6.42 Å². The minimum atomic E-state index is -0.340. The lowest BCUT2D eigenvalue weighted by Gasteiger charge is -2.47. The Morgan fingerprint density at radius 1 is 1.33 bits per heavy atom. The minimum absolute atomic E-state index is 0.00829. The van der Waals surface area contributed by atoms with Crippen LogP contribution in [0, 0.1) is 11.2 Å². The number of benzene rings is 1. The predicted octanol–water partition coefficient (Wildman–Crippen LogP) is 3.08. The zero-order valence-electron chi connectivity index (χ0n) is 14.4. The summed E-state index contributed by atoms with van der Waals surface area (Å²) in [5.41, 5.74) is 0.512. The van der Waals surface area contributed by atoms with E-state index < -0.39 is 0 Å². The van der Waals surface area contributed by atoms with Gasteiger partial charge in [-0.05, 0) is 50.5 Å². The zero-order chi connectivity index (χ0) is 17.3. The second-order valence-corrected chi connectivity index (χ2v) is 7.12. The molecule has 0 aromatic heterocycles. The monoisotopic (exact) mass is 332 g/mol. The van der Waals surface area contributed by atoms with Crippen molar-refractivity contribution in [2.24, 2.45) is 5.41 Å². The van der Waals surface area contributed by atoms with Crippen LogP contribution >= 0.6 is 0 Å². The Hall–Kier alpha value is -1.91. The van der Waals surface area contributed by atoms with Crippen molar-refractivity contribution in [3.8, 4) is 0 Å². The lowest BCUT2D eigenvalue weighted by Crippen LogP contribution is -2.56. The van der Waals surface area contributed by atoms with E-state index in [1.54, 1.807) is 4.90 Å². The van der Waals surface area contributed by atoms with Crippen LogP contribution in [0.2, 0.25) is 0 Å². The van der Waals surface area contributed by atoms with Gasteiger partial charge in [0.05, 0.1) is 0 Å². The molecular formula is C19H25FN2O2. The molecule has 0 unspecified atom stereocenters. The molecule has 5 heteroatoms.